The third kappa shape index (κ3) is 6.18. The zero-order valence-electron chi connectivity index (χ0n) is 18.6. The topological polar surface area (TPSA) is 108 Å². The van der Waals surface area contributed by atoms with Gasteiger partial charge < -0.3 is 19.7 Å². The summed E-state index contributed by atoms with van der Waals surface area (Å²) in [5, 5.41) is 2.67. The predicted octanol–water partition coefficient (Wildman–Crippen LogP) is 0.659. The van der Waals surface area contributed by atoms with Gasteiger partial charge in [-0.2, -0.15) is 17.0 Å². The lowest BCUT2D eigenvalue weighted by atomic mass is 10.0. The Hall–Kier alpha value is -2.21. The predicted molar refractivity (Wildman–Crippen MR) is 118 cm³/mol. The first-order valence-corrected chi connectivity index (χ1v) is 12.3. The molecule has 2 aliphatic rings. The van der Waals surface area contributed by atoms with Gasteiger partial charge in [0.15, 0.2) is 0 Å². The first-order chi connectivity index (χ1) is 15.3. The Labute approximate surface area is 189 Å². The number of benzene rings is 1. The lowest BCUT2D eigenvalue weighted by molar-refractivity contribution is -0.135. The molecule has 10 nitrogen and oxygen atoms in total. The van der Waals surface area contributed by atoms with Crippen LogP contribution in [0.2, 0.25) is 0 Å². The van der Waals surface area contributed by atoms with Gasteiger partial charge in [0.1, 0.15) is 12.6 Å². The fraction of sp³-hybridized carbons (Fsp3) is 0.619. The van der Waals surface area contributed by atoms with E-state index < -0.39 is 22.3 Å². The van der Waals surface area contributed by atoms with Crippen molar-refractivity contribution in [2.75, 3.05) is 52.5 Å². The molecule has 1 atom stereocenters. The van der Waals surface area contributed by atoms with Crippen LogP contribution in [0.4, 0.5) is 4.79 Å². The monoisotopic (exact) mass is 468 g/mol. The third-order valence-corrected chi connectivity index (χ3v) is 7.63. The smallest absolute Gasteiger partial charge is 0.408 e. The maximum atomic E-state index is 13.1. The standard InChI is InChI=1S/C21H32N4O6S/c1-17(2)19(22-21(27)31-16-18-6-4-3-5-7-18)20(26)23-8-10-24(11-9-23)32(28,29)25-12-14-30-15-13-25/h3-7,17,19H,8-16H2,1-2H3,(H,22,27)/t19-/m0/s1. The molecule has 1 aromatic carbocycles. The lowest BCUT2D eigenvalue weighted by Crippen LogP contribution is -2.59. The molecule has 3 rings (SSSR count). The number of hydrogen-bond acceptors (Lipinski definition) is 6. The van der Waals surface area contributed by atoms with Gasteiger partial charge in [-0.1, -0.05) is 44.2 Å². The van der Waals surface area contributed by atoms with Crippen molar-refractivity contribution in [3.8, 4) is 0 Å². The molecule has 32 heavy (non-hydrogen) atoms. The quantitative estimate of drug-likeness (QED) is 0.630. The Kier molecular flexibility index (Phi) is 8.46. The molecule has 11 heteroatoms. The van der Waals surface area contributed by atoms with Crippen molar-refractivity contribution in [2.24, 2.45) is 5.92 Å². The second-order valence-corrected chi connectivity index (χ2v) is 10.1. The molecule has 2 heterocycles. The number of carbonyl (C=O) groups is 2. The summed E-state index contributed by atoms with van der Waals surface area (Å²) in [4.78, 5) is 26.9. The van der Waals surface area contributed by atoms with Gasteiger partial charge in [-0.25, -0.2) is 4.79 Å². The van der Waals surface area contributed by atoms with Crippen LogP contribution in [0.1, 0.15) is 19.4 Å². The van der Waals surface area contributed by atoms with Gasteiger partial charge in [-0.15, -0.1) is 0 Å². The van der Waals surface area contributed by atoms with Crippen molar-refractivity contribution in [2.45, 2.75) is 26.5 Å². The van der Waals surface area contributed by atoms with Crippen LogP contribution in [0, 0.1) is 5.92 Å². The normalized spacial score (nSPS) is 19.5. The Morgan fingerprint density at radius 2 is 1.59 bits per heavy atom. The average Bonchev–Trinajstić information content (AvgIpc) is 2.82. The number of hydrogen-bond donors (Lipinski definition) is 1. The zero-order chi connectivity index (χ0) is 23.1. The van der Waals surface area contributed by atoms with E-state index >= 15 is 0 Å². The van der Waals surface area contributed by atoms with Gasteiger partial charge >= 0.3 is 6.09 Å². The van der Waals surface area contributed by atoms with E-state index in [2.05, 4.69) is 5.32 Å². The van der Waals surface area contributed by atoms with Crippen molar-refractivity contribution >= 4 is 22.2 Å². The van der Waals surface area contributed by atoms with E-state index in [1.165, 1.54) is 8.61 Å². The van der Waals surface area contributed by atoms with Gasteiger partial charge in [0.25, 0.3) is 10.2 Å². The van der Waals surface area contributed by atoms with Crippen molar-refractivity contribution in [3.63, 3.8) is 0 Å². The molecule has 0 aliphatic carbocycles. The van der Waals surface area contributed by atoms with Crippen LogP contribution in [-0.2, 0) is 31.1 Å². The first-order valence-electron chi connectivity index (χ1n) is 10.9. The van der Waals surface area contributed by atoms with E-state index in [0.717, 1.165) is 5.56 Å². The van der Waals surface area contributed by atoms with Gasteiger partial charge in [0.05, 0.1) is 13.2 Å². The summed E-state index contributed by atoms with van der Waals surface area (Å²) in [6, 6.07) is 8.54. The minimum atomic E-state index is -3.56. The molecule has 1 N–H and O–H groups in total. The van der Waals surface area contributed by atoms with Gasteiger partial charge in [-0.3, -0.25) is 4.79 Å². The average molecular weight is 469 g/mol. The van der Waals surface area contributed by atoms with E-state index in [1.807, 2.05) is 44.2 Å². The van der Waals surface area contributed by atoms with E-state index in [-0.39, 0.29) is 44.6 Å². The molecule has 2 fully saturated rings. The second kappa shape index (κ2) is 11.1. The van der Waals surface area contributed by atoms with Crippen LogP contribution >= 0.6 is 0 Å². The molecular weight excluding hydrogens is 436 g/mol. The number of nitrogens with zero attached hydrogens (tertiary/aromatic N) is 3. The highest BCUT2D eigenvalue weighted by Crippen LogP contribution is 2.16. The maximum Gasteiger partial charge on any atom is 0.408 e. The number of piperazine rings is 1. The highest BCUT2D eigenvalue weighted by molar-refractivity contribution is 7.86. The third-order valence-electron chi connectivity index (χ3n) is 5.59. The van der Waals surface area contributed by atoms with Crippen LogP contribution in [0.3, 0.4) is 0 Å². The van der Waals surface area contributed by atoms with Crippen molar-refractivity contribution in [1.29, 1.82) is 0 Å². The summed E-state index contributed by atoms with van der Waals surface area (Å²) in [6.45, 7) is 6.24. The first kappa shape index (κ1) is 24.4. The van der Waals surface area contributed by atoms with Crippen molar-refractivity contribution < 1.29 is 27.5 Å². The molecule has 2 aliphatic heterocycles. The van der Waals surface area contributed by atoms with Gasteiger partial charge in [0.2, 0.25) is 5.91 Å². The largest absolute Gasteiger partial charge is 0.445 e. The van der Waals surface area contributed by atoms with Crippen molar-refractivity contribution in [3.05, 3.63) is 35.9 Å². The van der Waals surface area contributed by atoms with Crippen LogP contribution in [0.5, 0.6) is 0 Å². The van der Waals surface area contributed by atoms with E-state index in [4.69, 9.17) is 9.47 Å². The lowest BCUT2D eigenvalue weighted by Gasteiger charge is -2.39. The number of ether oxygens (including phenoxy) is 2. The molecule has 0 aromatic heterocycles. The molecule has 0 radical (unpaired) electrons. The summed E-state index contributed by atoms with van der Waals surface area (Å²) in [5.41, 5.74) is 0.854. The number of rotatable bonds is 7. The summed E-state index contributed by atoms with van der Waals surface area (Å²) in [7, 11) is -3.56. The molecule has 178 valence electrons. The summed E-state index contributed by atoms with van der Waals surface area (Å²) >= 11 is 0. The molecule has 0 saturated carbocycles. The molecule has 2 saturated heterocycles. The molecule has 0 unspecified atom stereocenters. The SMILES string of the molecule is CC(C)[C@H](NC(=O)OCc1ccccc1)C(=O)N1CCN(S(=O)(=O)N2CCOCC2)CC1. The van der Waals surface area contributed by atoms with E-state index in [0.29, 0.717) is 26.3 Å². The number of carbonyl (C=O) groups excluding carboxylic acids is 2. The van der Waals surface area contributed by atoms with Crippen LogP contribution in [-0.4, -0.2) is 92.5 Å². The minimum absolute atomic E-state index is 0.115. The highest BCUT2D eigenvalue weighted by Gasteiger charge is 2.36. The molecule has 0 spiro atoms. The Bertz CT molecular complexity index is 866. The molecule has 0 bridgehead atoms. The molecule has 1 aromatic rings. The summed E-state index contributed by atoms with van der Waals surface area (Å²) in [5.74, 6) is -0.387. The van der Waals surface area contributed by atoms with Crippen LogP contribution < -0.4 is 5.32 Å². The van der Waals surface area contributed by atoms with Crippen LogP contribution in [0.15, 0.2) is 30.3 Å². The van der Waals surface area contributed by atoms with Crippen LogP contribution in [0.25, 0.3) is 0 Å². The molecular formula is C21H32N4O6S. The number of nitrogens with one attached hydrogen (secondary N) is 1. The van der Waals surface area contributed by atoms with Gasteiger partial charge in [-0.05, 0) is 11.5 Å². The fourth-order valence-electron chi connectivity index (χ4n) is 3.68. The molecule has 2 amide bonds. The Morgan fingerprint density at radius 3 is 2.19 bits per heavy atom. The minimum Gasteiger partial charge on any atom is -0.445 e. The van der Waals surface area contributed by atoms with Crippen molar-refractivity contribution in [1.82, 2.24) is 18.8 Å². The number of amides is 2. The Balaban J connectivity index is 1.52. The number of morpholine rings is 1. The van der Waals surface area contributed by atoms with E-state index in [1.54, 1.807) is 4.90 Å². The second-order valence-electron chi connectivity index (χ2n) is 8.17. The van der Waals surface area contributed by atoms with Gasteiger partial charge in [0, 0.05) is 39.3 Å². The summed E-state index contributed by atoms with van der Waals surface area (Å²) in [6.07, 6.45) is -0.658. The number of alkyl carbamates (subject to hydrolysis) is 1. The summed E-state index contributed by atoms with van der Waals surface area (Å²) < 4.78 is 38.9. The zero-order valence-corrected chi connectivity index (χ0v) is 19.4. The Morgan fingerprint density at radius 1 is 1.00 bits per heavy atom. The maximum absolute atomic E-state index is 13.1. The van der Waals surface area contributed by atoms with E-state index in [9.17, 15) is 18.0 Å². The fourth-order valence-corrected chi connectivity index (χ4v) is 5.24. The highest BCUT2D eigenvalue weighted by atomic mass is 32.2.